The molecule has 0 bridgehead atoms. The van der Waals surface area contributed by atoms with E-state index in [1.54, 1.807) is 18.2 Å². The number of aliphatic imine (C=N–C) groups is 1. The second kappa shape index (κ2) is 10.7. The zero-order valence-corrected chi connectivity index (χ0v) is 19.4. The Kier molecular flexibility index (Phi) is 7.97. The molecule has 0 spiro atoms. The van der Waals surface area contributed by atoms with Gasteiger partial charge in [-0.15, -0.1) is 12.4 Å². The van der Waals surface area contributed by atoms with Gasteiger partial charge in [0.1, 0.15) is 0 Å². The molecule has 0 unspecified atom stereocenters. The van der Waals surface area contributed by atoms with Gasteiger partial charge in [-0.05, 0) is 41.5 Å². The van der Waals surface area contributed by atoms with Crippen LogP contribution in [0.15, 0.2) is 77.8 Å². The molecular formula is C25H21Cl3N2O2. The van der Waals surface area contributed by atoms with Gasteiger partial charge in [0, 0.05) is 24.3 Å². The molecule has 7 heteroatoms. The molecule has 1 aliphatic rings. The first-order valence-corrected chi connectivity index (χ1v) is 10.6. The number of para-hydroxylation sites is 1. The summed E-state index contributed by atoms with van der Waals surface area (Å²) in [5, 5.41) is 10.6. The van der Waals surface area contributed by atoms with Gasteiger partial charge in [-0.2, -0.15) is 0 Å². The Bertz CT molecular complexity index is 1190. The first-order valence-electron chi connectivity index (χ1n) is 9.86. The van der Waals surface area contributed by atoms with E-state index in [1.165, 1.54) is 0 Å². The van der Waals surface area contributed by atoms with E-state index in [1.807, 2.05) is 60.7 Å². The van der Waals surface area contributed by atoms with E-state index >= 15 is 0 Å². The van der Waals surface area contributed by atoms with E-state index < -0.39 is 5.97 Å². The number of hydrogen-bond donors (Lipinski definition) is 1. The van der Waals surface area contributed by atoms with Gasteiger partial charge in [-0.1, -0.05) is 71.7 Å². The van der Waals surface area contributed by atoms with Crippen LogP contribution in [-0.4, -0.2) is 29.9 Å². The number of benzodiazepines with no additional fused rings is 1. The number of halogens is 3. The van der Waals surface area contributed by atoms with Crippen molar-refractivity contribution in [3.63, 3.8) is 0 Å². The number of nitrogens with zero attached hydrogens (tertiary/aromatic N) is 2. The van der Waals surface area contributed by atoms with Crippen LogP contribution < -0.4 is 4.90 Å². The van der Waals surface area contributed by atoms with Crippen molar-refractivity contribution in [2.24, 2.45) is 4.99 Å². The molecule has 164 valence electrons. The van der Waals surface area contributed by atoms with Gasteiger partial charge in [-0.25, -0.2) is 4.79 Å². The molecule has 3 aromatic rings. The maximum Gasteiger partial charge on any atom is 0.336 e. The minimum absolute atomic E-state index is 0. The van der Waals surface area contributed by atoms with Crippen LogP contribution in [0.2, 0.25) is 10.0 Å². The fourth-order valence-corrected chi connectivity index (χ4v) is 3.94. The summed E-state index contributed by atoms with van der Waals surface area (Å²) in [5.74, 6) is -0.916. The van der Waals surface area contributed by atoms with Crippen LogP contribution in [0, 0.1) is 0 Å². The topological polar surface area (TPSA) is 52.9 Å². The zero-order chi connectivity index (χ0) is 21.8. The minimum Gasteiger partial charge on any atom is -0.478 e. The number of carboxylic acids is 1. The maximum atomic E-state index is 11.6. The first-order chi connectivity index (χ1) is 15.0. The zero-order valence-electron chi connectivity index (χ0n) is 17.0. The number of fused-ring (bicyclic) bond motifs is 1. The van der Waals surface area contributed by atoms with Crippen LogP contribution in [0.3, 0.4) is 0 Å². The summed E-state index contributed by atoms with van der Waals surface area (Å²) in [6, 6.07) is 20.7. The molecular weight excluding hydrogens is 467 g/mol. The van der Waals surface area contributed by atoms with E-state index in [-0.39, 0.29) is 12.4 Å². The first kappa shape index (κ1) is 23.9. The highest BCUT2D eigenvalue weighted by Crippen LogP contribution is 2.27. The van der Waals surface area contributed by atoms with Crippen molar-refractivity contribution in [2.45, 2.75) is 6.54 Å². The van der Waals surface area contributed by atoms with Gasteiger partial charge in [0.25, 0.3) is 0 Å². The third-order valence-electron chi connectivity index (χ3n) is 5.16. The van der Waals surface area contributed by atoms with Crippen LogP contribution in [0.5, 0.6) is 0 Å². The fourth-order valence-electron chi connectivity index (χ4n) is 3.63. The molecule has 4 rings (SSSR count). The van der Waals surface area contributed by atoms with E-state index in [9.17, 15) is 9.90 Å². The van der Waals surface area contributed by atoms with Crippen molar-refractivity contribution in [2.75, 3.05) is 18.0 Å². The minimum atomic E-state index is -0.916. The lowest BCUT2D eigenvalue weighted by Crippen LogP contribution is -2.26. The summed E-state index contributed by atoms with van der Waals surface area (Å²) in [5.41, 5.74) is 4.94. The number of aromatic carboxylic acids is 1. The number of anilines is 1. The van der Waals surface area contributed by atoms with E-state index in [0.717, 1.165) is 28.1 Å². The fraction of sp³-hybridized carbons (Fsp3) is 0.120. The maximum absolute atomic E-state index is 11.6. The van der Waals surface area contributed by atoms with Crippen LogP contribution in [0.1, 0.15) is 27.0 Å². The monoisotopic (exact) mass is 486 g/mol. The Morgan fingerprint density at radius 1 is 1.00 bits per heavy atom. The van der Waals surface area contributed by atoms with Gasteiger partial charge in [0.15, 0.2) is 0 Å². The standard InChI is InChI=1S/C25H20Cl2N2O2.ClH/c26-21-11-9-17(15-22(21)27)10-12-23-20-7-3-4-8-24(20)29(14-13-28-23)16-18-5-1-2-6-19(18)25(30)31;/h1-12,15H,13-14,16H2,(H,30,31);1H/b12-10+;. The van der Waals surface area contributed by atoms with Crippen molar-refractivity contribution in [3.05, 3.63) is 105 Å². The third kappa shape index (κ3) is 5.33. The average molecular weight is 488 g/mol. The number of carboxylic acid groups (broad SMARTS) is 1. The largest absolute Gasteiger partial charge is 0.478 e. The highest BCUT2D eigenvalue weighted by Gasteiger charge is 2.19. The van der Waals surface area contributed by atoms with E-state index in [2.05, 4.69) is 4.90 Å². The summed E-state index contributed by atoms with van der Waals surface area (Å²) in [6.07, 6.45) is 3.94. The molecule has 32 heavy (non-hydrogen) atoms. The Hall–Kier alpha value is -2.79. The molecule has 1 aliphatic heterocycles. The van der Waals surface area contributed by atoms with Crippen molar-refractivity contribution in [1.29, 1.82) is 0 Å². The predicted molar refractivity (Wildman–Crippen MR) is 135 cm³/mol. The molecule has 0 radical (unpaired) electrons. The third-order valence-corrected chi connectivity index (χ3v) is 5.90. The van der Waals surface area contributed by atoms with Crippen molar-refractivity contribution in [1.82, 2.24) is 0 Å². The quantitative estimate of drug-likeness (QED) is 0.439. The predicted octanol–water partition coefficient (Wildman–Crippen LogP) is 6.64. The van der Waals surface area contributed by atoms with E-state index in [4.69, 9.17) is 28.2 Å². The second-order valence-corrected chi connectivity index (χ2v) is 7.99. The van der Waals surface area contributed by atoms with Crippen molar-refractivity contribution >= 4 is 59.1 Å². The lowest BCUT2D eigenvalue weighted by molar-refractivity contribution is 0.0695. The SMILES string of the molecule is Cl.O=C(O)c1ccccc1CN1CCN=C(/C=C/c2ccc(Cl)c(Cl)c2)c2ccccc21. The second-order valence-electron chi connectivity index (χ2n) is 7.17. The average Bonchev–Trinajstić information content (AvgIpc) is 2.94. The number of hydrogen-bond acceptors (Lipinski definition) is 3. The molecule has 0 atom stereocenters. The smallest absolute Gasteiger partial charge is 0.336 e. The summed E-state index contributed by atoms with van der Waals surface area (Å²) < 4.78 is 0. The summed E-state index contributed by atoms with van der Waals surface area (Å²) in [4.78, 5) is 18.6. The summed E-state index contributed by atoms with van der Waals surface area (Å²) in [6.45, 7) is 1.79. The van der Waals surface area contributed by atoms with E-state index in [0.29, 0.717) is 35.2 Å². The van der Waals surface area contributed by atoms with Gasteiger partial charge < -0.3 is 10.0 Å². The Labute approximate surface area is 203 Å². The lowest BCUT2D eigenvalue weighted by atomic mass is 10.0. The Balaban J connectivity index is 0.00000289. The van der Waals surface area contributed by atoms with Crippen LogP contribution in [0.25, 0.3) is 6.08 Å². The molecule has 1 N–H and O–H groups in total. The van der Waals surface area contributed by atoms with Gasteiger partial charge >= 0.3 is 5.97 Å². The number of rotatable bonds is 5. The summed E-state index contributed by atoms with van der Waals surface area (Å²) >= 11 is 12.1. The Morgan fingerprint density at radius 2 is 1.75 bits per heavy atom. The molecule has 0 saturated heterocycles. The molecule has 1 heterocycles. The molecule has 4 nitrogen and oxygen atoms in total. The number of carbonyl (C=O) groups is 1. The highest BCUT2D eigenvalue weighted by molar-refractivity contribution is 6.42. The van der Waals surface area contributed by atoms with Gasteiger partial charge in [0.2, 0.25) is 0 Å². The van der Waals surface area contributed by atoms with Gasteiger partial charge in [0.05, 0.1) is 27.9 Å². The molecule has 0 aromatic heterocycles. The van der Waals surface area contributed by atoms with Crippen LogP contribution in [0.4, 0.5) is 5.69 Å². The lowest BCUT2D eigenvalue weighted by Gasteiger charge is -2.25. The van der Waals surface area contributed by atoms with Crippen molar-refractivity contribution < 1.29 is 9.90 Å². The molecule has 0 saturated carbocycles. The molecule has 0 amide bonds. The Morgan fingerprint density at radius 3 is 2.53 bits per heavy atom. The van der Waals surface area contributed by atoms with Crippen LogP contribution in [-0.2, 0) is 6.54 Å². The summed E-state index contributed by atoms with van der Waals surface area (Å²) in [7, 11) is 0. The molecule has 0 fully saturated rings. The molecule has 0 aliphatic carbocycles. The number of benzene rings is 3. The van der Waals surface area contributed by atoms with Gasteiger partial charge in [-0.3, -0.25) is 4.99 Å². The molecule has 3 aromatic carbocycles. The normalized spacial score (nSPS) is 13.2. The number of allylic oxidation sites excluding steroid dienone is 1. The van der Waals surface area contributed by atoms with Crippen LogP contribution >= 0.6 is 35.6 Å². The van der Waals surface area contributed by atoms with Crippen molar-refractivity contribution in [3.8, 4) is 0 Å². The highest BCUT2D eigenvalue weighted by atomic mass is 35.5.